The quantitative estimate of drug-likeness (QED) is 0.434. The van der Waals surface area contributed by atoms with Gasteiger partial charge in [0.15, 0.2) is 0 Å². The van der Waals surface area contributed by atoms with Crippen molar-refractivity contribution in [2.75, 3.05) is 6.61 Å². The third kappa shape index (κ3) is 3.37. The van der Waals surface area contributed by atoms with Crippen molar-refractivity contribution >= 4 is 5.97 Å². The number of carbonyl (C=O) groups is 1. The number of allylic oxidation sites excluding steroid dienone is 4. The highest BCUT2D eigenvalue weighted by Crippen LogP contribution is 2.43. The third-order valence-electron chi connectivity index (χ3n) is 5.80. The molecule has 0 radical (unpaired) electrons. The van der Waals surface area contributed by atoms with Crippen LogP contribution < -0.4 is 0 Å². The van der Waals surface area contributed by atoms with Gasteiger partial charge in [-0.2, -0.15) is 0 Å². The molecular weight excluding hydrogens is 272 g/mol. The average molecular weight is 300 g/mol. The summed E-state index contributed by atoms with van der Waals surface area (Å²) in [6.07, 6.45) is 14.7. The first kappa shape index (κ1) is 15.6. The Kier molecular flexibility index (Phi) is 4.56. The van der Waals surface area contributed by atoms with Crippen molar-refractivity contribution < 1.29 is 9.53 Å². The van der Waals surface area contributed by atoms with Crippen LogP contribution in [0.25, 0.3) is 0 Å². The van der Waals surface area contributed by atoms with Crippen molar-refractivity contribution in [2.24, 2.45) is 35.5 Å². The molecule has 4 aliphatic rings. The molecule has 2 saturated carbocycles. The minimum absolute atomic E-state index is 0.253. The topological polar surface area (TPSA) is 26.3 Å². The van der Waals surface area contributed by atoms with Gasteiger partial charge in [0.2, 0.25) is 0 Å². The molecule has 2 nitrogen and oxygen atoms in total. The summed E-state index contributed by atoms with van der Waals surface area (Å²) in [6.45, 7) is 8.18. The first-order chi connectivity index (χ1) is 10.5. The Balaban J connectivity index is 0.000000151. The van der Waals surface area contributed by atoms with E-state index in [2.05, 4.69) is 37.8 Å². The van der Waals surface area contributed by atoms with Crippen LogP contribution in [0.3, 0.4) is 0 Å². The molecular formula is C20H28O2. The zero-order chi connectivity index (χ0) is 15.7. The van der Waals surface area contributed by atoms with Crippen molar-refractivity contribution in [3.63, 3.8) is 0 Å². The van der Waals surface area contributed by atoms with Gasteiger partial charge in [-0.15, -0.1) is 0 Å². The van der Waals surface area contributed by atoms with E-state index in [0.717, 1.165) is 23.7 Å². The molecule has 0 aromatic heterocycles. The monoisotopic (exact) mass is 300 g/mol. The van der Waals surface area contributed by atoms with E-state index in [4.69, 9.17) is 4.74 Å². The van der Waals surface area contributed by atoms with Gasteiger partial charge in [0.05, 0.1) is 6.61 Å². The third-order valence-corrected chi connectivity index (χ3v) is 5.80. The number of esters is 1. The number of rotatable bonds is 3. The number of carbonyl (C=O) groups excluding carboxylic acids is 1. The van der Waals surface area contributed by atoms with Crippen LogP contribution in [0.1, 0.15) is 39.5 Å². The average Bonchev–Trinajstić information content (AvgIpc) is 3.25. The van der Waals surface area contributed by atoms with Gasteiger partial charge in [0.25, 0.3) is 0 Å². The van der Waals surface area contributed by atoms with Crippen LogP contribution in [0, 0.1) is 35.5 Å². The lowest BCUT2D eigenvalue weighted by atomic mass is 9.95. The van der Waals surface area contributed by atoms with Gasteiger partial charge in [0, 0.05) is 5.57 Å². The Morgan fingerprint density at radius 3 is 2.05 bits per heavy atom. The lowest BCUT2D eigenvalue weighted by molar-refractivity contribution is -0.140. The summed E-state index contributed by atoms with van der Waals surface area (Å²) in [5.74, 6) is 4.61. The summed E-state index contributed by atoms with van der Waals surface area (Å²) in [5.41, 5.74) is 0.490. The Morgan fingerprint density at radius 1 is 1.05 bits per heavy atom. The van der Waals surface area contributed by atoms with Crippen LogP contribution >= 0.6 is 0 Å². The van der Waals surface area contributed by atoms with E-state index in [-0.39, 0.29) is 5.97 Å². The number of hydrogen-bond donors (Lipinski definition) is 0. The van der Waals surface area contributed by atoms with E-state index in [1.54, 1.807) is 6.92 Å². The molecule has 4 aliphatic carbocycles. The summed E-state index contributed by atoms with van der Waals surface area (Å²) in [4.78, 5) is 11.2. The van der Waals surface area contributed by atoms with E-state index in [1.165, 1.54) is 25.7 Å². The van der Waals surface area contributed by atoms with Crippen molar-refractivity contribution in [3.8, 4) is 0 Å². The molecule has 2 heteroatoms. The standard InChI is InChI=1S/C12H16O2.C8H12/c1-8(2)12(13)14-7-11-6-9-3-4-10(11)5-9;1-6-4-7-2-3-8(6)5-7/h3-4,9-11H,1,5-7H2,2H3;2-3,6-8H,4-5H2,1H3. The van der Waals surface area contributed by atoms with Gasteiger partial charge >= 0.3 is 5.97 Å². The molecule has 0 heterocycles. The molecule has 4 rings (SSSR count). The van der Waals surface area contributed by atoms with Gasteiger partial charge in [0.1, 0.15) is 0 Å². The molecule has 120 valence electrons. The lowest BCUT2D eigenvalue weighted by Crippen LogP contribution is -2.17. The highest BCUT2D eigenvalue weighted by Gasteiger charge is 2.36. The van der Waals surface area contributed by atoms with Gasteiger partial charge < -0.3 is 4.74 Å². The molecule has 0 saturated heterocycles. The van der Waals surface area contributed by atoms with E-state index in [0.29, 0.717) is 24.0 Å². The Morgan fingerprint density at radius 2 is 1.68 bits per heavy atom. The molecule has 0 aromatic carbocycles. The van der Waals surface area contributed by atoms with E-state index < -0.39 is 0 Å². The van der Waals surface area contributed by atoms with Crippen molar-refractivity contribution in [2.45, 2.75) is 39.5 Å². The second-order valence-corrected chi connectivity index (χ2v) is 7.68. The maximum absolute atomic E-state index is 11.2. The fraction of sp³-hybridized carbons (Fsp3) is 0.650. The highest BCUT2D eigenvalue weighted by molar-refractivity contribution is 5.86. The molecule has 2 fully saturated rings. The second kappa shape index (κ2) is 6.44. The molecule has 0 aliphatic heterocycles. The smallest absolute Gasteiger partial charge is 0.333 e. The predicted molar refractivity (Wildman–Crippen MR) is 89.1 cm³/mol. The summed E-state index contributed by atoms with van der Waals surface area (Å²) < 4.78 is 5.17. The summed E-state index contributed by atoms with van der Waals surface area (Å²) in [6, 6.07) is 0. The molecule has 0 N–H and O–H groups in total. The van der Waals surface area contributed by atoms with E-state index >= 15 is 0 Å². The normalized spacial score (nSPS) is 39.7. The summed E-state index contributed by atoms with van der Waals surface area (Å²) in [7, 11) is 0. The van der Waals surface area contributed by atoms with Crippen LogP contribution in [0.15, 0.2) is 36.5 Å². The molecule has 22 heavy (non-hydrogen) atoms. The number of fused-ring (bicyclic) bond motifs is 4. The first-order valence-electron chi connectivity index (χ1n) is 8.72. The van der Waals surface area contributed by atoms with Crippen molar-refractivity contribution in [3.05, 3.63) is 36.5 Å². The van der Waals surface area contributed by atoms with Crippen LogP contribution in [-0.4, -0.2) is 12.6 Å². The van der Waals surface area contributed by atoms with E-state index in [1.807, 2.05) is 0 Å². The van der Waals surface area contributed by atoms with Gasteiger partial charge in [-0.3, -0.25) is 0 Å². The van der Waals surface area contributed by atoms with Crippen LogP contribution in [0.5, 0.6) is 0 Å². The Bertz CT molecular complexity index is 502. The molecule has 0 spiro atoms. The number of ether oxygens (including phenoxy) is 1. The Hall–Kier alpha value is -1.31. The van der Waals surface area contributed by atoms with Crippen molar-refractivity contribution in [1.82, 2.24) is 0 Å². The van der Waals surface area contributed by atoms with Crippen LogP contribution in [0.4, 0.5) is 0 Å². The zero-order valence-corrected chi connectivity index (χ0v) is 13.8. The van der Waals surface area contributed by atoms with Crippen molar-refractivity contribution in [1.29, 1.82) is 0 Å². The summed E-state index contributed by atoms with van der Waals surface area (Å²) in [5, 5.41) is 0. The van der Waals surface area contributed by atoms with Gasteiger partial charge in [-0.05, 0) is 68.1 Å². The summed E-state index contributed by atoms with van der Waals surface area (Å²) >= 11 is 0. The SMILES string of the molecule is C=C(C)C(=O)OCC1CC2C=CC1C2.CC1CC2C=CC1C2. The highest BCUT2D eigenvalue weighted by atomic mass is 16.5. The van der Waals surface area contributed by atoms with E-state index in [9.17, 15) is 4.79 Å². The largest absolute Gasteiger partial charge is 0.462 e. The maximum Gasteiger partial charge on any atom is 0.333 e. The molecule has 6 unspecified atom stereocenters. The number of hydrogen-bond acceptors (Lipinski definition) is 2. The Labute approximate surface area is 134 Å². The van der Waals surface area contributed by atoms with Crippen LogP contribution in [0.2, 0.25) is 0 Å². The van der Waals surface area contributed by atoms with Gasteiger partial charge in [-0.25, -0.2) is 4.79 Å². The second-order valence-electron chi connectivity index (χ2n) is 7.68. The lowest BCUT2D eigenvalue weighted by Gasteiger charge is -2.17. The molecule has 4 bridgehead atoms. The minimum atomic E-state index is -0.253. The van der Waals surface area contributed by atoms with Gasteiger partial charge in [-0.1, -0.05) is 37.8 Å². The predicted octanol–water partition coefficient (Wildman–Crippen LogP) is 4.54. The first-order valence-corrected chi connectivity index (χ1v) is 8.72. The maximum atomic E-state index is 11.2. The molecule has 6 atom stereocenters. The fourth-order valence-corrected chi connectivity index (χ4v) is 4.45. The fourth-order valence-electron chi connectivity index (χ4n) is 4.45. The molecule has 0 aromatic rings. The molecule has 0 amide bonds. The minimum Gasteiger partial charge on any atom is -0.462 e. The van der Waals surface area contributed by atoms with Crippen LogP contribution in [-0.2, 0) is 9.53 Å². The zero-order valence-electron chi connectivity index (χ0n) is 13.8.